The molecule has 1 amide bonds. The van der Waals surface area contributed by atoms with E-state index in [0.29, 0.717) is 38.8 Å². The lowest BCUT2D eigenvalue weighted by Gasteiger charge is -2.42. The maximum atomic E-state index is 12.9. The second-order valence-corrected chi connectivity index (χ2v) is 13.2. The maximum absolute atomic E-state index is 12.9. The van der Waals surface area contributed by atoms with E-state index in [2.05, 4.69) is 78.1 Å². The number of fused-ring (bicyclic) bond motifs is 2. The zero-order valence-corrected chi connectivity index (χ0v) is 27.8. The quantitative estimate of drug-likeness (QED) is 0.314. The van der Waals surface area contributed by atoms with E-state index < -0.39 is 6.67 Å². The number of allylic oxidation sites excluding steroid dienone is 1. The highest BCUT2D eigenvalue weighted by molar-refractivity contribution is 5.97. The molecule has 11 heteroatoms. The summed E-state index contributed by atoms with van der Waals surface area (Å²) in [5.74, 6) is 0.522. The molecule has 6 rings (SSSR count). The fourth-order valence-electron chi connectivity index (χ4n) is 7.33. The average molecular weight is 642 g/mol. The Morgan fingerprint density at radius 3 is 2.70 bits per heavy atom. The first-order valence-corrected chi connectivity index (χ1v) is 16.4. The van der Waals surface area contributed by atoms with Crippen LogP contribution in [0.1, 0.15) is 36.6 Å². The summed E-state index contributed by atoms with van der Waals surface area (Å²) >= 11 is 0. The van der Waals surface area contributed by atoms with Crippen LogP contribution in [-0.4, -0.2) is 104 Å². The van der Waals surface area contributed by atoms with Crippen molar-refractivity contribution in [3.63, 3.8) is 0 Å². The Morgan fingerprint density at radius 1 is 1.15 bits per heavy atom. The largest absolute Gasteiger partial charge is 0.461 e. The number of hydrogen-bond acceptors (Lipinski definition) is 9. The number of anilines is 2. The van der Waals surface area contributed by atoms with Crippen LogP contribution >= 0.6 is 0 Å². The van der Waals surface area contributed by atoms with Crippen molar-refractivity contribution in [1.29, 1.82) is 5.26 Å². The van der Waals surface area contributed by atoms with Gasteiger partial charge in [0.1, 0.15) is 19.1 Å². The first-order chi connectivity index (χ1) is 22.7. The van der Waals surface area contributed by atoms with Gasteiger partial charge in [-0.15, -0.1) is 0 Å². The molecule has 0 radical (unpaired) electrons. The fourth-order valence-corrected chi connectivity index (χ4v) is 7.33. The van der Waals surface area contributed by atoms with Crippen LogP contribution in [0.5, 0.6) is 6.01 Å². The molecular formula is C36H44FN7O3. The second kappa shape index (κ2) is 13.8. The number of nitriles is 1. The molecule has 3 aromatic rings. The Morgan fingerprint density at radius 2 is 1.96 bits per heavy atom. The van der Waals surface area contributed by atoms with Gasteiger partial charge in [0.15, 0.2) is 0 Å². The van der Waals surface area contributed by atoms with Crippen molar-refractivity contribution >= 4 is 28.2 Å². The van der Waals surface area contributed by atoms with E-state index in [1.165, 1.54) is 34.2 Å². The number of ether oxygens (including phenoxy) is 2. The highest BCUT2D eigenvalue weighted by Crippen LogP contribution is 2.36. The molecule has 0 spiro atoms. The van der Waals surface area contributed by atoms with Crippen LogP contribution in [0.2, 0.25) is 0 Å². The Bertz CT molecular complexity index is 1690. The average Bonchev–Trinajstić information content (AvgIpc) is 3.38. The number of carbonyl (C=O) groups excluding carboxylic acids is 1. The highest BCUT2D eigenvalue weighted by Gasteiger charge is 2.41. The van der Waals surface area contributed by atoms with Gasteiger partial charge >= 0.3 is 6.01 Å². The molecular weight excluding hydrogens is 597 g/mol. The predicted molar refractivity (Wildman–Crippen MR) is 180 cm³/mol. The molecule has 0 aliphatic carbocycles. The first-order valence-electron chi connectivity index (χ1n) is 16.4. The van der Waals surface area contributed by atoms with Crippen LogP contribution in [0.15, 0.2) is 48.6 Å². The fraction of sp³-hybridized carbons (Fsp3) is 0.500. The summed E-state index contributed by atoms with van der Waals surface area (Å²) in [4.78, 5) is 31.4. The number of aryl methyl sites for hydroxylation is 1. The maximum Gasteiger partial charge on any atom is 0.318 e. The first kappa shape index (κ1) is 32.7. The van der Waals surface area contributed by atoms with Crippen molar-refractivity contribution in [2.24, 2.45) is 0 Å². The van der Waals surface area contributed by atoms with Gasteiger partial charge in [0.2, 0.25) is 5.91 Å². The van der Waals surface area contributed by atoms with Gasteiger partial charge in [-0.1, -0.05) is 30.3 Å². The predicted octanol–water partition coefficient (Wildman–Crippen LogP) is 4.45. The van der Waals surface area contributed by atoms with E-state index in [-0.39, 0.29) is 30.0 Å². The molecule has 0 saturated carbocycles. The minimum Gasteiger partial charge on any atom is -0.461 e. The Balaban J connectivity index is 1.33. The number of halogens is 1. The summed E-state index contributed by atoms with van der Waals surface area (Å²) in [7, 11) is 3.84. The molecule has 10 nitrogen and oxygen atoms in total. The molecule has 1 aromatic heterocycles. The zero-order chi connectivity index (χ0) is 33.1. The third kappa shape index (κ3) is 6.62. The van der Waals surface area contributed by atoms with Crippen LogP contribution in [-0.2, 0) is 22.5 Å². The minimum atomic E-state index is -0.708. The number of likely N-dealkylation sites (N-methyl/N-ethyl adjacent to an activating group) is 1. The van der Waals surface area contributed by atoms with Gasteiger partial charge in [0, 0.05) is 62.5 Å². The van der Waals surface area contributed by atoms with Crippen LogP contribution in [0, 0.1) is 18.3 Å². The van der Waals surface area contributed by atoms with Crippen LogP contribution in [0.25, 0.3) is 10.8 Å². The number of benzene rings is 2. The number of alkyl halides is 1. The smallest absolute Gasteiger partial charge is 0.318 e. The molecule has 2 aromatic carbocycles. The SMILES string of the molecule is CO[C@H]1CN(C)[C@](C)(COc2nc3c(c(N4CCN(C(=O)/C=C/CF)[C@@H](CC#N)C4)n2)CCN(c2cccc4cccc(C)c24)C3)C1. The molecule has 2 saturated heterocycles. The molecule has 2 fully saturated rings. The van der Waals surface area contributed by atoms with E-state index in [1.807, 2.05) is 0 Å². The summed E-state index contributed by atoms with van der Waals surface area (Å²) < 4.78 is 24.9. The molecule has 0 bridgehead atoms. The number of carbonyl (C=O) groups is 1. The lowest BCUT2D eigenvalue weighted by molar-refractivity contribution is -0.128. The monoisotopic (exact) mass is 641 g/mol. The Labute approximate surface area is 276 Å². The van der Waals surface area contributed by atoms with Crippen molar-refractivity contribution in [2.75, 3.05) is 70.0 Å². The number of piperazine rings is 1. The van der Waals surface area contributed by atoms with Crippen molar-refractivity contribution in [3.8, 4) is 12.1 Å². The number of amides is 1. The van der Waals surface area contributed by atoms with E-state index in [0.717, 1.165) is 43.0 Å². The third-order valence-corrected chi connectivity index (χ3v) is 10.1. The van der Waals surface area contributed by atoms with E-state index in [4.69, 9.17) is 19.4 Å². The molecule has 4 heterocycles. The highest BCUT2D eigenvalue weighted by atomic mass is 19.1. The van der Waals surface area contributed by atoms with Gasteiger partial charge in [-0.3, -0.25) is 9.69 Å². The van der Waals surface area contributed by atoms with Crippen LogP contribution < -0.4 is 14.5 Å². The minimum absolute atomic E-state index is 0.141. The molecule has 47 heavy (non-hydrogen) atoms. The molecule has 0 unspecified atom stereocenters. The van der Waals surface area contributed by atoms with Gasteiger partial charge < -0.3 is 24.2 Å². The van der Waals surface area contributed by atoms with Gasteiger partial charge in [-0.25, -0.2) is 4.39 Å². The van der Waals surface area contributed by atoms with Gasteiger partial charge in [-0.2, -0.15) is 15.2 Å². The topological polar surface area (TPSA) is 98.1 Å². The lowest BCUT2D eigenvalue weighted by atomic mass is 9.99. The number of rotatable bonds is 9. The van der Waals surface area contributed by atoms with Crippen molar-refractivity contribution in [1.82, 2.24) is 19.8 Å². The van der Waals surface area contributed by atoms with Crippen molar-refractivity contribution in [2.45, 2.75) is 57.3 Å². The number of hydrogen-bond donors (Lipinski definition) is 0. The van der Waals surface area contributed by atoms with E-state index >= 15 is 0 Å². The van der Waals surface area contributed by atoms with Crippen molar-refractivity contribution < 1.29 is 18.7 Å². The number of nitrogens with zero attached hydrogens (tertiary/aromatic N) is 7. The molecule has 0 N–H and O–H groups in total. The standard InChI is InChI=1S/C36H44FN7O3/c1-25-8-5-9-26-10-6-11-31(33(25)26)42-17-14-29-30(23-42)39-35(47-24-36(2)20-28(46-4)22-41(36)3)40-34(29)43-18-19-44(27(21-43)13-16-38)32(45)12-7-15-37/h5-12,27-28H,13-15,17-24H2,1-4H3/b12-7+/t27-,28+,36-/m0/s1. The van der Waals surface area contributed by atoms with E-state index in [9.17, 15) is 14.4 Å². The van der Waals surface area contributed by atoms with E-state index in [1.54, 1.807) is 12.0 Å². The molecule has 3 aliphatic rings. The molecule has 3 aliphatic heterocycles. The molecule has 3 atom stereocenters. The van der Waals surface area contributed by atoms with Gasteiger partial charge in [0.05, 0.1) is 42.4 Å². The summed E-state index contributed by atoms with van der Waals surface area (Å²) in [6, 6.07) is 15.1. The number of aromatic nitrogens is 2. The van der Waals surface area contributed by atoms with Crippen molar-refractivity contribution in [3.05, 3.63) is 65.4 Å². The number of likely N-dealkylation sites (tertiary alicyclic amines) is 1. The molecule has 248 valence electrons. The lowest BCUT2D eigenvalue weighted by Crippen LogP contribution is -2.55. The van der Waals surface area contributed by atoms with Gasteiger partial charge in [-0.05, 0) is 56.8 Å². The summed E-state index contributed by atoms with van der Waals surface area (Å²) in [6.45, 7) is 7.63. The summed E-state index contributed by atoms with van der Waals surface area (Å²) in [5, 5.41) is 12.1. The van der Waals surface area contributed by atoms with Crippen LogP contribution in [0.3, 0.4) is 0 Å². The van der Waals surface area contributed by atoms with Gasteiger partial charge in [0.25, 0.3) is 0 Å². The Kier molecular flexibility index (Phi) is 9.62. The normalized spacial score (nSPS) is 23.4. The number of methoxy groups -OCH3 is 1. The Hall–Kier alpha value is -4.27. The van der Waals surface area contributed by atoms with Crippen LogP contribution in [0.4, 0.5) is 15.9 Å². The zero-order valence-electron chi connectivity index (χ0n) is 27.8. The third-order valence-electron chi connectivity index (χ3n) is 10.1. The second-order valence-electron chi connectivity index (χ2n) is 13.2. The summed E-state index contributed by atoms with van der Waals surface area (Å²) in [6.07, 6.45) is 4.36. The summed E-state index contributed by atoms with van der Waals surface area (Å²) in [5.41, 5.74) is 4.17.